The minimum Gasteiger partial charge on any atom is -0.459 e. The van der Waals surface area contributed by atoms with E-state index in [0.29, 0.717) is 0 Å². The Morgan fingerprint density at radius 1 is 1.50 bits per heavy atom. The third-order valence-corrected chi connectivity index (χ3v) is 1.20. The van der Waals surface area contributed by atoms with Crippen LogP contribution in [0.15, 0.2) is 0 Å². The lowest BCUT2D eigenvalue weighted by molar-refractivity contribution is -0.158. The Hall–Kier alpha value is -0.610. The van der Waals surface area contributed by atoms with Crippen molar-refractivity contribution in [1.82, 2.24) is 0 Å². The van der Waals surface area contributed by atoms with Gasteiger partial charge in [-0.3, -0.25) is 4.79 Å². The van der Waals surface area contributed by atoms with Crippen LogP contribution in [0.25, 0.3) is 0 Å². The summed E-state index contributed by atoms with van der Waals surface area (Å²) in [6.45, 7) is 6.70. The summed E-state index contributed by atoms with van der Waals surface area (Å²) in [6, 6.07) is -0.954. The Morgan fingerprint density at radius 3 is 2.17 bits per heavy atom. The van der Waals surface area contributed by atoms with E-state index in [2.05, 4.69) is 0 Å². The summed E-state index contributed by atoms with van der Waals surface area (Å²) in [7, 11) is 0. The normalized spacial score (nSPS) is 16.8. The monoisotopic (exact) mass is 175 g/mol. The summed E-state index contributed by atoms with van der Waals surface area (Å²) in [6.07, 6.45) is -0.875. The van der Waals surface area contributed by atoms with Gasteiger partial charge in [-0.25, -0.2) is 0 Å². The molecule has 0 aliphatic heterocycles. The summed E-state index contributed by atoms with van der Waals surface area (Å²) >= 11 is 0. The molecule has 0 radical (unpaired) electrons. The van der Waals surface area contributed by atoms with Crippen molar-refractivity contribution in [2.45, 2.75) is 45.4 Å². The number of ether oxygens (including phenoxy) is 1. The van der Waals surface area contributed by atoms with Crippen LogP contribution in [-0.2, 0) is 9.53 Å². The van der Waals surface area contributed by atoms with Gasteiger partial charge in [-0.2, -0.15) is 0 Å². The standard InChI is InChI=1S/C8H17NO3/c1-5(10)6(9)7(11)12-8(2,3)4/h5-6,10H,9H2,1-4H3/t5?,6-/m0/s1. The molecule has 0 aromatic carbocycles. The first-order valence-corrected chi connectivity index (χ1v) is 3.90. The zero-order chi connectivity index (χ0) is 9.94. The van der Waals surface area contributed by atoms with Gasteiger partial charge in [0.15, 0.2) is 0 Å². The number of nitrogens with two attached hydrogens (primary N) is 1. The third kappa shape index (κ3) is 4.31. The number of rotatable bonds is 2. The highest BCUT2D eigenvalue weighted by atomic mass is 16.6. The molecule has 0 spiro atoms. The molecule has 4 nitrogen and oxygen atoms in total. The van der Waals surface area contributed by atoms with E-state index in [4.69, 9.17) is 15.6 Å². The lowest BCUT2D eigenvalue weighted by atomic mass is 10.1. The molecule has 0 rings (SSSR count). The quantitative estimate of drug-likeness (QED) is 0.581. The Balaban J connectivity index is 4.05. The summed E-state index contributed by atoms with van der Waals surface area (Å²) in [5, 5.41) is 8.96. The van der Waals surface area contributed by atoms with Crippen molar-refractivity contribution in [3.8, 4) is 0 Å². The average molecular weight is 175 g/mol. The van der Waals surface area contributed by atoms with E-state index in [0.717, 1.165) is 0 Å². The molecular formula is C8H17NO3. The molecule has 0 aromatic rings. The Labute approximate surface area is 72.7 Å². The molecule has 72 valence electrons. The van der Waals surface area contributed by atoms with Gasteiger partial charge in [0, 0.05) is 0 Å². The van der Waals surface area contributed by atoms with Crippen molar-refractivity contribution in [3.63, 3.8) is 0 Å². The topological polar surface area (TPSA) is 72.5 Å². The molecule has 0 aliphatic rings. The van der Waals surface area contributed by atoms with Crippen LogP contribution < -0.4 is 5.73 Å². The molecule has 2 atom stereocenters. The molecule has 12 heavy (non-hydrogen) atoms. The lowest BCUT2D eigenvalue weighted by Crippen LogP contribution is -2.44. The molecule has 0 bridgehead atoms. The molecule has 0 aliphatic carbocycles. The van der Waals surface area contributed by atoms with Crippen molar-refractivity contribution in [1.29, 1.82) is 0 Å². The number of aliphatic hydroxyl groups is 1. The van der Waals surface area contributed by atoms with Gasteiger partial charge in [-0.15, -0.1) is 0 Å². The lowest BCUT2D eigenvalue weighted by Gasteiger charge is -2.23. The summed E-state index contributed by atoms with van der Waals surface area (Å²) < 4.78 is 4.94. The highest BCUT2D eigenvalue weighted by molar-refractivity contribution is 5.76. The van der Waals surface area contributed by atoms with Crippen molar-refractivity contribution in [3.05, 3.63) is 0 Å². The van der Waals surface area contributed by atoms with Crippen molar-refractivity contribution < 1.29 is 14.6 Å². The van der Waals surface area contributed by atoms with Crippen LogP contribution in [0.1, 0.15) is 27.7 Å². The second-order valence-corrected chi connectivity index (χ2v) is 3.80. The van der Waals surface area contributed by atoms with Crippen LogP contribution in [0, 0.1) is 0 Å². The molecule has 0 saturated carbocycles. The number of carbonyl (C=O) groups is 1. The van der Waals surface area contributed by atoms with E-state index in [-0.39, 0.29) is 0 Å². The molecule has 0 saturated heterocycles. The maximum absolute atomic E-state index is 11.1. The van der Waals surface area contributed by atoms with Crippen molar-refractivity contribution in [2.75, 3.05) is 0 Å². The number of aliphatic hydroxyl groups excluding tert-OH is 1. The van der Waals surface area contributed by atoms with E-state index in [1.165, 1.54) is 6.92 Å². The maximum Gasteiger partial charge on any atom is 0.326 e. The number of hydrogen-bond acceptors (Lipinski definition) is 4. The van der Waals surface area contributed by atoms with Crippen LogP contribution in [0.2, 0.25) is 0 Å². The van der Waals surface area contributed by atoms with Gasteiger partial charge in [-0.05, 0) is 27.7 Å². The number of hydrogen-bond donors (Lipinski definition) is 2. The Morgan fingerprint density at radius 2 is 1.92 bits per heavy atom. The smallest absolute Gasteiger partial charge is 0.326 e. The van der Waals surface area contributed by atoms with Gasteiger partial charge in [0.1, 0.15) is 11.6 Å². The van der Waals surface area contributed by atoms with Crippen molar-refractivity contribution >= 4 is 5.97 Å². The fraction of sp³-hybridized carbons (Fsp3) is 0.875. The fourth-order valence-electron chi connectivity index (χ4n) is 0.567. The van der Waals surface area contributed by atoms with Gasteiger partial charge < -0.3 is 15.6 Å². The van der Waals surface area contributed by atoms with E-state index in [9.17, 15) is 4.79 Å². The largest absolute Gasteiger partial charge is 0.459 e. The Bertz CT molecular complexity index is 160. The van der Waals surface area contributed by atoms with Gasteiger partial charge in [0.25, 0.3) is 0 Å². The van der Waals surface area contributed by atoms with Gasteiger partial charge in [0.2, 0.25) is 0 Å². The minimum atomic E-state index is -0.954. The van der Waals surface area contributed by atoms with Gasteiger partial charge in [0.05, 0.1) is 6.10 Å². The number of carbonyl (C=O) groups excluding carboxylic acids is 1. The first-order valence-electron chi connectivity index (χ1n) is 3.90. The molecular weight excluding hydrogens is 158 g/mol. The molecule has 1 unspecified atom stereocenters. The second-order valence-electron chi connectivity index (χ2n) is 3.80. The van der Waals surface area contributed by atoms with E-state index >= 15 is 0 Å². The highest BCUT2D eigenvalue weighted by Crippen LogP contribution is 2.08. The maximum atomic E-state index is 11.1. The molecule has 0 heterocycles. The van der Waals surface area contributed by atoms with E-state index < -0.39 is 23.7 Å². The molecule has 0 fully saturated rings. The van der Waals surface area contributed by atoms with Gasteiger partial charge >= 0.3 is 5.97 Å². The molecule has 4 heteroatoms. The SMILES string of the molecule is CC(O)[C@H](N)C(=O)OC(C)(C)C. The molecule has 3 N–H and O–H groups in total. The predicted molar refractivity (Wildman–Crippen MR) is 45.5 cm³/mol. The third-order valence-electron chi connectivity index (χ3n) is 1.20. The van der Waals surface area contributed by atoms with Crippen LogP contribution in [0.3, 0.4) is 0 Å². The Kier molecular flexibility index (Phi) is 3.67. The zero-order valence-electron chi connectivity index (χ0n) is 8.00. The number of esters is 1. The van der Waals surface area contributed by atoms with Crippen LogP contribution in [0.5, 0.6) is 0 Å². The summed E-state index contributed by atoms with van der Waals surface area (Å²) in [5.74, 6) is -0.572. The van der Waals surface area contributed by atoms with E-state index in [1.807, 2.05) is 0 Å². The van der Waals surface area contributed by atoms with Crippen molar-refractivity contribution in [2.24, 2.45) is 5.73 Å². The summed E-state index contributed by atoms with van der Waals surface area (Å²) in [5.41, 5.74) is 4.79. The van der Waals surface area contributed by atoms with Crippen LogP contribution in [0.4, 0.5) is 0 Å². The minimum absolute atomic E-state index is 0.552. The van der Waals surface area contributed by atoms with Crippen LogP contribution in [-0.4, -0.2) is 28.8 Å². The second kappa shape index (κ2) is 3.87. The first kappa shape index (κ1) is 11.4. The highest BCUT2D eigenvalue weighted by Gasteiger charge is 2.25. The summed E-state index contributed by atoms with van der Waals surface area (Å²) in [4.78, 5) is 11.1. The molecule has 0 amide bonds. The predicted octanol–water partition coefficient (Wildman–Crippen LogP) is 0.0362. The van der Waals surface area contributed by atoms with Crippen LogP contribution >= 0.6 is 0 Å². The fourth-order valence-corrected chi connectivity index (χ4v) is 0.567. The van der Waals surface area contributed by atoms with E-state index in [1.54, 1.807) is 20.8 Å². The molecule has 0 aromatic heterocycles. The first-order chi connectivity index (χ1) is 5.24. The zero-order valence-corrected chi connectivity index (χ0v) is 8.00. The average Bonchev–Trinajstić information content (AvgIpc) is 1.82. The van der Waals surface area contributed by atoms with Gasteiger partial charge in [-0.1, -0.05) is 0 Å².